The van der Waals surface area contributed by atoms with Crippen LogP contribution in [0.2, 0.25) is 0 Å². The fourth-order valence-electron chi connectivity index (χ4n) is 0.574. The molecule has 0 bridgehead atoms. The summed E-state index contributed by atoms with van der Waals surface area (Å²) in [5, 5.41) is 0. The van der Waals surface area contributed by atoms with Gasteiger partial charge in [0, 0.05) is 0 Å². The molecule has 0 fully saturated rings. The lowest BCUT2D eigenvalue weighted by Crippen LogP contribution is -1.95. The second-order valence-corrected chi connectivity index (χ2v) is 1.82. The van der Waals surface area contributed by atoms with Gasteiger partial charge in [-0.1, -0.05) is 18.2 Å². The zero-order valence-corrected chi connectivity index (χ0v) is 6.03. The highest BCUT2D eigenvalue weighted by Crippen LogP contribution is 2.02. The van der Waals surface area contributed by atoms with Crippen LogP contribution in [0, 0.1) is 0 Å². The summed E-state index contributed by atoms with van der Waals surface area (Å²) in [4.78, 5) is 0. The minimum Gasteiger partial charge on any atom is -0.431 e. The molecule has 1 rings (SSSR count). The molecule has 9 heavy (non-hydrogen) atoms. The lowest BCUT2D eigenvalue weighted by atomic mass is 10.3. The standard InChI is InChI=1S/C6H6NO.Al/c8-7-6-4-2-1-3-5-6;/h1-5,7H;/q-1;+1. The van der Waals surface area contributed by atoms with Gasteiger partial charge in [0.15, 0.2) is 0 Å². The molecule has 0 aliphatic heterocycles. The van der Waals surface area contributed by atoms with Gasteiger partial charge in [-0.3, -0.25) is 5.48 Å². The summed E-state index contributed by atoms with van der Waals surface area (Å²) in [5.74, 6) is 0. The molecular formula is C6H6AlNO. The Morgan fingerprint density at radius 3 is 2.44 bits per heavy atom. The van der Waals surface area contributed by atoms with Crippen LogP contribution in [0.15, 0.2) is 30.3 Å². The van der Waals surface area contributed by atoms with E-state index in [0.717, 1.165) is 5.69 Å². The third kappa shape index (κ3) is 2.07. The number of rotatable bonds is 2. The Kier molecular flexibility index (Phi) is 2.59. The van der Waals surface area contributed by atoms with E-state index < -0.39 is 0 Å². The third-order valence-electron chi connectivity index (χ3n) is 0.951. The Labute approximate surface area is 62.5 Å². The molecule has 1 N–H and O–H groups in total. The highest BCUT2D eigenvalue weighted by atomic mass is 27.1. The fourth-order valence-corrected chi connectivity index (χ4v) is 0.710. The molecule has 0 heterocycles. The van der Waals surface area contributed by atoms with Crippen molar-refractivity contribution in [2.45, 2.75) is 0 Å². The molecule has 0 saturated carbocycles. The first-order valence-corrected chi connectivity index (χ1v) is 3.07. The first kappa shape index (κ1) is 6.63. The molecule has 0 aliphatic carbocycles. The van der Waals surface area contributed by atoms with Crippen LogP contribution in [0.1, 0.15) is 0 Å². The Balaban J connectivity index is 2.61. The van der Waals surface area contributed by atoms with Crippen molar-refractivity contribution in [1.29, 1.82) is 0 Å². The van der Waals surface area contributed by atoms with E-state index in [1.54, 1.807) is 0 Å². The molecule has 0 saturated heterocycles. The number of benzene rings is 1. The van der Waals surface area contributed by atoms with Crippen molar-refractivity contribution in [3.8, 4) is 0 Å². The quantitative estimate of drug-likeness (QED) is 0.484. The van der Waals surface area contributed by atoms with E-state index in [2.05, 4.69) is 26.0 Å². The first-order chi connectivity index (χ1) is 4.43. The van der Waals surface area contributed by atoms with Crippen molar-refractivity contribution >= 4 is 22.3 Å². The van der Waals surface area contributed by atoms with Crippen molar-refractivity contribution < 1.29 is 3.89 Å². The molecule has 3 heteroatoms. The van der Waals surface area contributed by atoms with Gasteiger partial charge >= 0.3 is 16.6 Å². The SMILES string of the molecule is [Al][O]Nc1ccccc1. The Hall–Kier alpha value is -0.488. The second kappa shape index (κ2) is 3.52. The van der Waals surface area contributed by atoms with Crippen molar-refractivity contribution in [2.75, 3.05) is 5.48 Å². The summed E-state index contributed by atoms with van der Waals surface area (Å²) in [5.41, 5.74) is 3.62. The van der Waals surface area contributed by atoms with Gasteiger partial charge in [0.2, 0.25) is 0 Å². The summed E-state index contributed by atoms with van der Waals surface area (Å²) in [7, 11) is 0. The first-order valence-electron chi connectivity index (χ1n) is 2.60. The largest absolute Gasteiger partial charge is 0.431 e. The van der Waals surface area contributed by atoms with E-state index in [1.165, 1.54) is 0 Å². The lowest BCUT2D eigenvalue weighted by molar-refractivity contribution is 0.448. The topological polar surface area (TPSA) is 21.3 Å². The van der Waals surface area contributed by atoms with Crippen LogP contribution in [0.4, 0.5) is 5.69 Å². The van der Waals surface area contributed by atoms with E-state index in [1.807, 2.05) is 30.3 Å². The highest BCUT2D eigenvalue weighted by molar-refractivity contribution is 5.98. The number of anilines is 1. The lowest BCUT2D eigenvalue weighted by Gasteiger charge is -2.01. The van der Waals surface area contributed by atoms with Crippen LogP contribution < -0.4 is 5.48 Å². The van der Waals surface area contributed by atoms with E-state index in [9.17, 15) is 0 Å². The summed E-state index contributed by atoms with van der Waals surface area (Å²) >= 11 is 2.12. The highest BCUT2D eigenvalue weighted by Gasteiger charge is 1.81. The van der Waals surface area contributed by atoms with Crippen molar-refractivity contribution in [2.24, 2.45) is 0 Å². The third-order valence-corrected chi connectivity index (χ3v) is 1.07. The minimum absolute atomic E-state index is 0.951. The van der Waals surface area contributed by atoms with E-state index in [0.29, 0.717) is 0 Å². The summed E-state index contributed by atoms with van der Waals surface area (Å²) in [6, 6.07) is 9.67. The number of para-hydroxylation sites is 1. The van der Waals surface area contributed by atoms with Crippen LogP contribution in [-0.4, -0.2) is 16.6 Å². The van der Waals surface area contributed by atoms with Crippen molar-refractivity contribution in [1.82, 2.24) is 0 Å². The Morgan fingerprint density at radius 2 is 1.89 bits per heavy atom. The second-order valence-electron chi connectivity index (χ2n) is 1.59. The smallest absolute Gasteiger partial charge is 0.422 e. The molecule has 1 aromatic rings. The summed E-state index contributed by atoms with van der Waals surface area (Å²) < 4.78 is 4.59. The van der Waals surface area contributed by atoms with Gasteiger partial charge in [-0.05, 0) is 12.1 Å². The van der Waals surface area contributed by atoms with Gasteiger partial charge < -0.3 is 3.89 Å². The van der Waals surface area contributed by atoms with Crippen LogP contribution in [0.3, 0.4) is 0 Å². The number of hydrogen-bond acceptors (Lipinski definition) is 2. The summed E-state index contributed by atoms with van der Waals surface area (Å²) in [6.07, 6.45) is 0. The fraction of sp³-hybridized carbons (Fsp3) is 0. The Bertz CT molecular complexity index is 166. The minimum atomic E-state index is 0.951. The molecule has 2 nitrogen and oxygen atoms in total. The molecule has 0 spiro atoms. The maximum Gasteiger partial charge on any atom is 0.422 e. The molecule has 0 aromatic heterocycles. The predicted molar refractivity (Wildman–Crippen MR) is 36.9 cm³/mol. The van der Waals surface area contributed by atoms with Gasteiger partial charge in [0.25, 0.3) is 0 Å². The van der Waals surface area contributed by atoms with E-state index in [4.69, 9.17) is 0 Å². The maximum atomic E-state index is 4.59. The molecule has 0 unspecified atom stereocenters. The van der Waals surface area contributed by atoms with Gasteiger partial charge in [-0.25, -0.2) is 0 Å². The van der Waals surface area contributed by atoms with Crippen LogP contribution in [0.25, 0.3) is 0 Å². The average Bonchev–Trinajstić information content (AvgIpc) is 1.91. The average molecular weight is 135 g/mol. The van der Waals surface area contributed by atoms with E-state index in [-0.39, 0.29) is 0 Å². The molecular weight excluding hydrogens is 129 g/mol. The van der Waals surface area contributed by atoms with Gasteiger partial charge in [0.05, 0.1) is 5.69 Å². The Morgan fingerprint density at radius 1 is 1.22 bits per heavy atom. The van der Waals surface area contributed by atoms with Crippen LogP contribution >= 0.6 is 0 Å². The molecule has 44 valence electrons. The van der Waals surface area contributed by atoms with E-state index >= 15 is 0 Å². The monoisotopic (exact) mass is 135 g/mol. The summed E-state index contributed by atoms with van der Waals surface area (Å²) in [6.45, 7) is 0. The molecule has 0 aliphatic rings. The number of nitrogens with one attached hydrogen (secondary N) is 1. The van der Waals surface area contributed by atoms with Gasteiger partial charge in [-0.15, -0.1) is 0 Å². The van der Waals surface area contributed by atoms with Crippen molar-refractivity contribution in [3.05, 3.63) is 30.3 Å². The molecule has 0 atom stereocenters. The van der Waals surface area contributed by atoms with Crippen molar-refractivity contribution in [3.63, 3.8) is 0 Å². The predicted octanol–water partition coefficient (Wildman–Crippen LogP) is 1.11. The van der Waals surface area contributed by atoms with Gasteiger partial charge in [-0.2, -0.15) is 0 Å². The number of hydrogen-bond donors (Lipinski definition) is 1. The molecule has 0 amide bonds. The molecule has 2 radical (unpaired) electrons. The maximum absolute atomic E-state index is 4.59. The van der Waals surface area contributed by atoms with Crippen LogP contribution in [0.5, 0.6) is 0 Å². The normalized spacial score (nSPS) is 8.89. The zero-order valence-electron chi connectivity index (χ0n) is 4.87. The molecule has 1 aromatic carbocycles. The van der Waals surface area contributed by atoms with Gasteiger partial charge in [0.1, 0.15) is 0 Å². The zero-order chi connectivity index (χ0) is 6.53. The van der Waals surface area contributed by atoms with Crippen LogP contribution in [-0.2, 0) is 3.89 Å².